The smallest absolute Gasteiger partial charge is 0.327 e. The Kier molecular flexibility index (Phi) is 7.19. The average molecular weight is 462 g/mol. The Hall–Kier alpha value is -3.63. The van der Waals surface area contributed by atoms with Gasteiger partial charge in [0.2, 0.25) is 5.91 Å². The van der Waals surface area contributed by atoms with Crippen molar-refractivity contribution >= 4 is 23.1 Å². The summed E-state index contributed by atoms with van der Waals surface area (Å²) in [6.45, 7) is 4.10. The SMILES string of the molecule is CCn1/c(=N\N(C(=O)NCC(F)(F)F)C(C)C)cnc2c1ccn2C(=O)Cc1ccccc1. The number of urea groups is 1. The molecule has 2 amide bonds. The maximum atomic E-state index is 12.8. The highest BCUT2D eigenvalue weighted by Gasteiger charge is 2.29. The van der Waals surface area contributed by atoms with E-state index in [2.05, 4.69) is 10.1 Å². The van der Waals surface area contributed by atoms with Crippen molar-refractivity contribution in [3.8, 4) is 0 Å². The van der Waals surface area contributed by atoms with Crippen LogP contribution >= 0.6 is 0 Å². The lowest BCUT2D eigenvalue weighted by Crippen LogP contribution is -2.45. The van der Waals surface area contributed by atoms with E-state index in [4.69, 9.17) is 0 Å². The molecule has 11 heteroatoms. The summed E-state index contributed by atoms with van der Waals surface area (Å²) in [6, 6.07) is 9.57. The third-order valence-electron chi connectivity index (χ3n) is 4.84. The molecule has 0 unspecified atom stereocenters. The molecule has 0 bridgehead atoms. The molecule has 0 aliphatic carbocycles. The summed E-state index contributed by atoms with van der Waals surface area (Å²) >= 11 is 0. The summed E-state index contributed by atoms with van der Waals surface area (Å²) in [7, 11) is 0. The first-order valence-electron chi connectivity index (χ1n) is 10.4. The fourth-order valence-electron chi connectivity index (χ4n) is 3.30. The lowest BCUT2D eigenvalue weighted by Gasteiger charge is -2.22. The number of rotatable bonds is 6. The third-order valence-corrected chi connectivity index (χ3v) is 4.84. The minimum absolute atomic E-state index is 0.161. The first-order valence-corrected chi connectivity index (χ1v) is 10.4. The molecular formula is C22H25F3N6O2. The Morgan fingerprint density at radius 2 is 1.88 bits per heavy atom. The fraction of sp³-hybridized carbons (Fsp3) is 0.364. The van der Waals surface area contributed by atoms with Crippen molar-refractivity contribution in [2.24, 2.45) is 5.10 Å². The van der Waals surface area contributed by atoms with Gasteiger partial charge in [-0.05, 0) is 32.4 Å². The number of aryl methyl sites for hydroxylation is 1. The Bertz CT molecular complexity index is 1200. The second-order valence-corrected chi connectivity index (χ2v) is 7.62. The van der Waals surface area contributed by atoms with Gasteiger partial charge in [0, 0.05) is 12.7 Å². The Morgan fingerprint density at radius 1 is 1.18 bits per heavy atom. The van der Waals surface area contributed by atoms with Crippen molar-refractivity contribution in [1.29, 1.82) is 0 Å². The van der Waals surface area contributed by atoms with E-state index in [0.717, 1.165) is 10.6 Å². The van der Waals surface area contributed by atoms with Crippen molar-refractivity contribution < 1.29 is 22.8 Å². The predicted molar refractivity (Wildman–Crippen MR) is 116 cm³/mol. The maximum absolute atomic E-state index is 12.8. The quantitative estimate of drug-likeness (QED) is 0.569. The maximum Gasteiger partial charge on any atom is 0.405 e. The highest BCUT2D eigenvalue weighted by molar-refractivity contribution is 5.90. The second-order valence-electron chi connectivity index (χ2n) is 7.62. The van der Waals surface area contributed by atoms with E-state index in [1.54, 1.807) is 30.7 Å². The molecule has 33 heavy (non-hydrogen) atoms. The number of alkyl halides is 3. The topological polar surface area (TPSA) is 84.5 Å². The second kappa shape index (κ2) is 9.88. The number of carbonyl (C=O) groups is 2. The van der Waals surface area contributed by atoms with Crippen LogP contribution in [0.25, 0.3) is 11.2 Å². The molecule has 0 spiro atoms. The monoisotopic (exact) mass is 462 g/mol. The fourth-order valence-corrected chi connectivity index (χ4v) is 3.30. The Labute approximate surface area is 188 Å². The van der Waals surface area contributed by atoms with Crippen LogP contribution in [0.15, 0.2) is 53.9 Å². The van der Waals surface area contributed by atoms with Gasteiger partial charge in [-0.3, -0.25) is 9.36 Å². The van der Waals surface area contributed by atoms with Crippen LogP contribution < -0.4 is 10.8 Å². The van der Waals surface area contributed by atoms with Crippen molar-refractivity contribution in [2.45, 2.75) is 46.0 Å². The van der Waals surface area contributed by atoms with Gasteiger partial charge < -0.3 is 9.88 Å². The van der Waals surface area contributed by atoms with Gasteiger partial charge in [0.05, 0.1) is 24.2 Å². The van der Waals surface area contributed by atoms with E-state index < -0.39 is 24.8 Å². The molecule has 0 atom stereocenters. The highest BCUT2D eigenvalue weighted by atomic mass is 19.4. The standard InChI is InChI=1S/C22H25F3N6O2/c1-4-29-17-10-11-30(19(32)12-16-8-6-5-7-9-16)20(17)26-13-18(29)28-31(15(2)3)21(33)27-14-22(23,24)25/h5-11,13,15H,4,12,14H2,1-3H3,(H,27,33)/b28-18-. The number of hydrogen-bond acceptors (Lipinski definition) is 4. The van der Waals surface area contributed by atoms with E-state index in [1.165, 1.54) is 10.8 Å². The summed E-state index contributed by atoms with van der Waals surface area (Å²) in [5.74, 6) is -0.161. The number of benzene rings is 1. The molecule has 1 aromatic carbocycles. The van der Waals surface area contributed by atoms with Crippen LogP contribution in [0.5, 0.6) is 0 Å². The number of amides is 2. The van der Waals surface area contributed by atoms with E-state index in [9.17, 15) is 22.8 Å². The normalized spacial score (nSPS) is 12.4. The molecule has 176 valence electrons. The predicted octanol–water partition coefficient (Wildman–Crippen LogP) is 3.54. The third kappa shape index (κ3) is 5.79. The van der Waals surface area contributed by atoms with Gasteiger partial charge >= 0.3 is 12.2 Å². The first kappa shape index (κ1) is 24.0. The molecule has 8 nitrogen and oxygen atoms in total. The molecule has 3 aromatic rings. The van der Waals surface area contributed by atoms with Crippen LogP contribution in [0.4, 0.5) is 18.0 Å². The average Bonchev–Trinajstić information content (AvgIpc) is 3.19. The van der Waals surface area contributed by atoms with Crippen LogP contribution in [-0.2, 0) is 13.0 Å². The number of fused-ring (bicyclic) bond motifs is 1. The van der Waals surface area contributed by atoms with Crippen molar-refractivity contribution in [3.05, 3.63) is 59.8 Å². The van der Waals surface area contributed by atoms with Gasteiger partial charge in [-0.1, -0.05) is 30.3 Å². The summed E-state index contributed by atoms with van der Waals surface area (Å²) in [4.78, 5) is 29.5. The molecule has 0 fully saturated rings. The molecule has 0 aliphatic heterocycles. The van der Waals surface area contributed by atoms with Gasteiger partial charge in [-0.25, -0.2) is 14.8 Å². The molecule has 0 saturated carbocycles. The van der Waals surface area contributed by atoms with E-state index in [1.807, 2.05) is 42.6 Å². The summed E-state index contributed by atoms with van der Waals surface area (Å²) < 4.78 is 40.7. The molecule has 2 aromatic heterocycles. The van der Waals surface area contributed by atoms with Gasteiger partial charge in [0.1, 0.15) is 6.54 Å². The number of hydrogen-bond donors (Lipinski definition) is 1. The molecule has 1 N–H and O–H groups in total. The molecule has 0 aliphatic rings. The molecular weight excluding hydrogens is 437 g/mol. The lowest BCUT2D eigenvalue weighted by molar-refractivity contribution is -0.123. The number of nitrogens with one attached hydrogen (secondary N) is 1. The zero-order valence-corrected chi connectivity index (χ0v) is 18.5. The zero-order valence-electron chi connectivity index (χ0n) is 18.5. The van der Waals surface area contributed by atoms with Crippen LogP contribution in [-0.4, -0.2) is 49.8 Å². The molecule has 0 radical (unpaired) electrons. The number of halogens is 3. The number of aromatic nitrogens is 3. The molecule has 2 heterocycles. The van der Waals surface area contributed by atoms with Gasteiger partial charge in [-0.2, -0.15) is 13.2 Å². The van der Waals surface area contributed by atoms with Gasteiger partial charge in [0.15, 0.2) is 11.1 Å². The van der Waals surface area contributed by atoms with Crippen molar-refractivity contribution in [2.75, 3.05) is 6.54 Å². The summed E-state index contributed by atoms with van der Waals surface area (Å²) in [5, 5.41) is 7.04. The van der Waals surface area contributed by atoms with Crippen LogP contribution in [0, 0.1) is 0 Å². The molecule has 3 rings (SSSR count). The minimum Gasteiger partial charge on any atom is -0.327 e. The van der Waals surface area contributed by atoms with Crippen molar-refractivity contribution in [3.63, 3.8) is 0 Å². The first-order chi connectivity index (χ1) is 15.6. The Balaban J connectivity index is 1.96. The summed E-state index contributed by atoms with van der Waals surface area (Å²) in [6.07, 6.45) is -1.32. The minimum atomic E-state index is -4.53. The van der Waals surface area contributed by atoms with E-state index >= 15 is 0 Å². The molecule has 0 saturated heterocycles. The number of nitrogens with zero attached hydrogens (tertiary/aromatic N) is 5. The van der Waals surface area contributed by atoms with Gasteiger partial charge in [-0.15, -0.1) is 5.10 Å². The van der Waals surface area contributed by atoms with Crippen LogP contribution in [0.3, 0.4) is 0 Å². The van der Waals surface area contributed by atoms with Crippen molar-refractivity contribution in [1.82, 2.24) is 24.4 Å². The highest BCUT2D eigenvalue weighted by Crippen LogP contribution is 2.14. The van der Waals surface area contributed by atoms with E-state index in [0.29, 0.717) is 17.7 Å². The van der Waals surface area contributed by atoms with E-state index in [-0.39, 0.29) is 17.8 Å². The largest absolute Gasteiger partial charge is 0.405 e. The number of carbonyl (C=O) groups excluding carboxylic acids is 2. The van der Waals surface area contributed by atoms with Gasteiger partial charge in [0.25, 0.3) is 0 Å². The van der Waals surface area contributed by atoms with Crippen LogP contribution in [0.1, 0.15) is 31.1 Å². The zero-order chi connectivity index (χ0) is 24.2. The summed E-state index contributed by atoms with van der Waals surface area (Å²) in [5.41, 5.74) is 2.18. The van der Waals surface area contributed by atoms with Crippen LogP contribution in [0.2, 0.25) is 0 Å². The lowest BCUT2D eigenvalue weighted by atomic mass is 10.1. The Morgan fingerprint density at radius 3 is 2.48 bits per heavy atom.